The quantitative estimate of drug-likeness (QED) is 0.911. The van der Waals surface area contributed by atoms with Gasteiger partial charge in [0.25, 0.3) is 0 Å². The SMILES string of the molecule is Cc1cnc(CNc2cc(C(F)(F)F)ncc2N)s1. The monoisotopic (exact) mass is 288 g/mol. The lowest BCUT2D eigenvalue weighted by molar-refractivity contribution is -0.141. The van der Waals surface area contributed by atoms with Gasteiger partial charge in [0.15, 0.2) is 0 Å². The van der Waals surface area contributed by atoms with Crippen molar-refractivity contribution in [3.8, 4) is 0 Å². The van der Waals surface area contributed by atoms with E-state index in [2.05, 4.69) is 15.3 Å². The summed E-state index contributed by atoms with van der Waals surface area (Å²) in [6, 6.07) is 0.899. The second-order valence-corrected chi connectivity index (χ2v) is 5.19. The van der Waals surface area contributed by atoms with Crippen molar-refractivity contribution in [3.05, 3.63) is 34.0 Å². The number of hydrogen-bond donors (Lipinski definition) is 2. The Morgan fingerprint density at radius 2 is 2.05 bits per heavy atom. The topological polar surface area (TPSA) is 63.8 Å². The van der Waals surface area contributed by atoms with Crippen molar-refractivity contribution in [1.29, 1.82) is 0 Å². The van der Waals surface area contributed by atoms with Gasteiger partial charge in [-0.05, 0) is 13.0 Å². The highest BCUT2D eigenvalue weighted by Crippen LogP contribution is 2.31. The Balaban J connectivity index is 2.15. The molecule has 0 aliphatic rings. The van der Waals surface area contributed by atoms with Crippen LogP contribution in [0.25, 0.3) is 0 Å². The number of nitrogens with zero attached hydrogens (tertiary/aromatic N) is 2. The first-order valence-electron chi connectivity index (χ1n) is 5.34. The van der Waals surface area contributed by atoms with E-state index in [4.69, 9.17) is 5.73 Å². The van der Waals surface area contributed by atoms with Crippen LogP contribution in [0, 0.1) is 6.92 Å². The van der Waals surface area contributed by atoms with E-state index in [0.717, 1.165) is 22.1 Å². The van der Waals surface area contributed by atoms with Crippen molar-refractivity contribution >= 4 is 22.7 Å². The van der Waals surface area contributed by atoms with Gasteiger partial charge in [-0.1, -0.05) is 0 Å². The van der Waals surface area contributed by atoms with Crippen LogP contribution in [-0.4, -0.2) is 9.97 Å². The molecule has 0 aliphatic heterocycles. The molecule has 3 N–H and O–H groups in total. The summed E-state index contributed by atoms with van der Waals surface area (Å²) >= 11 is 1.47. The van der Waals surface area contributed by atoms with E-state index in [9.17, 15) is 13.2 Å². The lowest BCUT2D eigenvalue weighted by Gasteiger charge is -2.11. The van der Waals surface area contributed by atoms with E-state index in [1.54, 1.807) is 6.20 Å². The maximum absolute atomic E-state index is 12.5. The minimum Gasteiger partial charge on any atom is -0.396 e. The molecular weight excluding hydrogens is 277 g/mol. The maximum atomic E-state index is 12.5. The predicted octanol–water partition coefficient (Wildman–Crippen LogP) is 3.06. The molecule has 0 bridgehead atoms. The number of nitrogens with two attached hydrogens (primary N) is 1. The van der Waals surface area contributed by atoms with Crippen molar-refractivity contribution in [2.75, 3.05) is 11.1 Å². The number of nitrogens with one attached hydrogen (secondary N) is 1. The highest BCUT2D eigenvalue weighted by atomic mass is 32.1. The number of thiazole rings is 1. The number of anilines is 2. The van der Waals surface area contributed by atoms with Gasteiger partial charge in [-0.3, -0.25) is 0 Å². The van der Waals surface area contributed by atoms with Crippen LogP contribution in [0.2, 0.25) is 0 Å². The number of pyridine rings is 1. The van der Waals surface area contributed by atoms with Gasteiger partial charge in [-0.2, -0.15) is 13.2 Å². The third-order valence-electron chi connectivity index (χ3n) is 2.32. The number of alkyl halides is 3. The highest BCUT2D eigenvalue weighted by molar-refractivity contribution is 7.11. The molecular formula is C11H11F3N4S. The van der Waals surface area contributed by atoms with Crippen molar-refractivity contribution in [2.24, 2.45) is 0 Å². The van der Waals surface area contributed by atoms with Crippen molar-refractivity contribution in [2.45, 2.75) is 19.6 Å². The van der Waals surface area contributed by atoms with E-state index in [0.29, 0.717) is 6.54 Å². The number of hydrogen-bond acceptors (Lipinski definition) is 5. The molecule has 0 spiro atoms. The summed E-state index contributed by atoms with van der Waals surface area (Å²) in [5.74, 6) is 0. The normalized spacial score (nSPS) is 11.6. The van der Waals surface area contributed by atoms with E-state index in [-0.39, 0.29) is 11.4 Å². The summed E-state index contributed by atoms with van der Waals surface area (Å²) in [5, 5.41) is 3.62. The second-order valence-electron chi connectivity index (χ2n) is 3.87. The van der Waals surface area contributed by atoms with Crippen LogP contribution in [0.4, 0.5) is 24.5 Å². The van der Waals surface area contributed by atoms with Gasteiger partial charge in [-0.25, -0.2) is 9.97 Å². The Hall–Kier alpha value is -1.83. The molecule has 2 rings (SSSR count). The van der Waals surface area contributed by atoms with Gasteiger partial charge in [0.2, 0.25) is 0 Å². The van der Waals surface area contributed by atoms with Crippen molar-refractivity contribution < 1.29 is 13.2 Å². The molecule has 0 aliphatic carbocycles. The third-order valence-corrected chi connectivity index (χ3v) is 3.24. The zero-order valence-corrected chi connectivity index (χ0v) is 10.8. The zero-order valence-electron chi connectivity index (χ0n) is 9.95. The van der Waals surface area contributed by atoms with E-state index < -0.39 is 11.9 Å². The van der Waals surface area contributed by atoms with Crippen LogP contribution in [0.15, 0.2) is 18.5 Å². The van der Waals surface area contributed by atoms with E-state index in [1.807, 2.05) is 6.92 Å². The van der Waals surface area contributed by atoms with Gasteiger partial charge in [-0.15, -0.1) is 11.3 Å². The number of aryl methyl sites for hydroxylation is 1. The first-order valence-corrected chi connectivity index (χ1v) is 6.16. The lowest BCUT2D eigenvalue weighted by atomic mass is 10.2. The Morgan fingerprint density at radius 1 is 1.32 bits per heavy atom. The molecule has 102 valence electrons. The maximum Gasteiger partial charge on any atom is 0.433 e. The molecule has 0 saturated heterocycles. The second kappa shape index (κ2) is 5.04. The number of aromatic nitrogens is 2. The molecule has 0 radical (unpaired) electrons. The zero-order chi connectivity index (χ0) is 14.0. The number of rotatable bonds is 3. The number of halogens is 3. The fourth-order valence-corrected chi connectivity index (χ4v) is 2.15. The lowest BCUT2D eigenvalue weighted by Crippen LogP contribution is -2.10. The average Bonchev–Trinajstić information content (AvgIpc) is 2.72. The number of nitrogen functional groups attached to an aromatic ring is 1. The Labute approximate surface area is 111 Å². The minimum atomic E-state index is -4.48. The molecule has 2 heterocycles. The van der Waals surface area contributed by atoms with Crippen LogP contribution >= 0.6 is 11.3 Å². The Kier molecular flexibility index (Phi) is 3.61. The molecule has 0 unspecified atom stereocenters. The molecule has 0 aromatic carbocycles. The summed E-state index contributed by atoms with van der Waals surface area (Å²) in [7, 11) is 0. The molecule has 0 saturated carbocycles. The first kappa shape index (κ1) is 13.6. The summed E-state index contributed by atoms with van der Waals surface area (Å²) in [6.45, 7) is 2.23. The molecule has 0 fully saturated rings. The summed E-state index contributed by atoms with van der Waals surface area (Å²) < 4.78 is 37.6. The van der Waals surface area contributed by atoms with Crippen LogP contribution in [0.5, 0.6) is 0 Å². The first-order chi connectivity index (χ1) is 8.86. The van der Waals surface area contributed by atoms with E-state index in [1.165, 1.54) is 11.3 Å². The van der Waals surface area contributed by atoms with Crippen LogP contribution < -0.4 is 11.1 Å². The summed E-state index contributed by atoms with van der Waals surface area (Å²) in [4.78, 5) is 8.41. The predicted molar refractivity (Wildman–Crippen MR) is 67.8 cm³/mol. The summed E-state index contributed by atoms with van der Waals surface area (Å²) in [5.41, 5.74) is 4.99. The molecule has 8 heteroatoms. The van der Waals surface area contributed by atoms with Crippen molar-refractivity contribution in [1.82, 2.24) is 9.97 Å². The Bertz CT molecular complexity index is 580. The van der Waals surface area contributed by atoms with Crippen LogP contribution in [0.3, 0.4) is 0 Å². The van der Waals surface area contributed by atoms with Gasteiger partial charge >= 0.3 is 6.18 Å². The van der Waals surface area contributed by atoms with Crippen LogP contribution in [-0.2, 0) is 12.7 Å². The molecule has 2 aromatic heterocycles. The fourth-order valence-electron chi connectivity index (χ4n) is 1.43. The molecule has 0 amide bonds. The largest absolute Gasteiger partial charge is 0.433 e. The smallest absolute Gasteiger partial charge is 0.396 e. The average molecular weight is 288 g/mol. The molecule has 19 heavy (non-hydrogen) atoms. The third kappa shape index (κ3) is 3.34. The van der Waals surface area contributed by atoms with Crippen LogP contribution in [0.1, 0.15) is 15.6 Å². The van der Waals surface area contributed by atoms with Gasteiger partial charge < -0.3 is 11.1 Å². The molecule has 2 aromatic rings. The Morgan fingerprint density at radius 3 is 2.63 bits per heavy atom. The van der Waals surface area contributed by atoms with E-state index >= 15 is 0 Å². The standard InChI is InChI=1S/C11H11F3N4S/c1-6-3-18-10(19-6)5-16-8-2-9(11(12,13)14)17-4-7(8)15/h2-4H,5,15H2,1H3,(H,16,17). The molecule has 4 nitrogen and oxygen atoms in total. The van der Waals surface area contributed by atoms with Gasteiger partial charge in [0.05, 0.1) is 24.1 Å². The van der Waals surface area contributed by atoms with Gasteiger partial charge in [0.1, 0.15) is 10.7 Å². The minimum absolute atomic E-state index is 0.168. The molecule has 0 atom stereocenters. The fraction of sp³-hybridized carbons (Fsp3) is 0.273. The summed E-state index contributed by atoms with van der Waals surface area (Å²) in [6.07, 6.45) is -1.78. The van der Waals surface area contributed by atoms with Crippen molar-refractivity contribution in [3.63, 3.8) is 0 Å². The highest BCUT2D eigenvalue weighted by Gasteiger charge is 2.32. The van der Waals surface area contributed by atoms with Gasteiger partial charge in [0, 0.05) is 11.1 Å².